The van der Waals surface area contributed by atoms with Crippen molar-refractivity contribution in [2.45, 2.75) is 6.92 Å². The summed E-state index contributed by atoms with van der Waals surface area (Å²) in [4.78, 5) is 25.6. The van der Waals surface area contributed by atoms with Crippen molar-refractivity contribution in [1.29, 1.82) is 5.26 Å². The van der Waals surface area contributed by atoms with Gasteiger partial charge in [-0.05, 0) is 47.1 Å². The van der Waals surface area contributed by atoms with E-state index in [0.717, 1.165) is 0 Å². The molecule has 0 N–H and O–H groups in total. The van der Waals surface area contributed by atoms with Crippen molar-refractivity contribution < 1.29 is 28.5 Å². The van der Waals surface area contributed by atoms with E-state index in [4.69, 9.17) is 24.2 Å². The maximum atomic E-state index is 12.8. The molecule has 3 rings (SSSR count). The van der Waals surface area contributed by atoms with Gasteiger partial charge in [-0.1, -0.05) is 18.2 Å². The number of nitrogens with zero attached hydrogens (tertiary/aromatic N) is 3. The Kier molecular flexibility index (Phi) is 7.69. The Morgan fingerprint density at radius 2 is 1.73 bits per heavy atom. The van der Waals surface area contributed by atoms with Gasteiger partial charge in [0.2, 0.25) is 0 Å². The van der Waals surface area contributed by atoms with E-state index in [2.05, 4.69) is 21.0 Å². The van der Waals surface area contributed by atoms with Crippen LogP contribution in [-0.2, 0) is 9.47 Å². The highest BCUT2D eigenvalue weighted by molar-refractivity contribution is 9.10. The quantitative estimate of drug-likeness (QED) is 0.412. The highest BCUT2D eigenvalue weighted by Gasteiger charge is 2.32. The van der Waals surface area contributed by atoms with E-state index >= 15 is 0 Å². The van der Waals surface area contributed by atoms with Crippen LogP contribution in [0, 0.1) is 11.3 Å². The fraction of sp³-hybridized carbons (Fsp3) is 0.217. The van der Waals surface area contributed by atoms with Gasteiger partial charge in [-0.15, -0.1) is 0 Å². The molecule has 33 heavy (non-hydrogen) atoms. The lowest BCUT2D eigenvalue weighted by atomic mass is 10.0. The Morgan fingerprint density at radius 3 is 2.33 bits per heavy atom. The van der Waals surface area contributed by atoms with E-state index in [-0.39, 0.29) is 23.6 Å². The fourth-order valence-corrected chi connectivity index (χ4v) is 3.66. The van der Waals surface area contributed by atoms with Crippen LogP contribution in [0.2, 0.25) is 0 Å². The van der Waals surface area contributed by atoms with E-state index in [9.17, 15) is 9.59 Å². The number of para-hydroxylation sites is 1. The normalized spacial score (nSPS) is 10.3. The minimum atomic E-state index is -0.762. The third-order valence-electron chi connectivity index (χ3n) is 4.54. The Balaban J connectivity index is 2.34. The Labute approximate surface area is 198 Å². The van der Waals surface area contributed by atoms with Crippen LogP contribution in [0.25, 0.3) is 16.9 Å². The van der Waals surface area contributed by atoms with Crippen molar-refractivity contribution >= 4 is 27.9 Å². The van der Waals surface area contributed by atoms with Gasteiger partial charge < -0.3 is 18.9 Å². The summed E-state index contributed by atoms with van der Waals surface area (Å²) in [6.45, 7) is 1.96. The molecule has 0 spiro atoms. The largest absolute Gasteiger partial charge is 0.490 e. The average Bonchev–Trinajstić information content (AvgIpc) is 3.24. The molecule has 0 aliphatic rings. The minimum Gasteiger partial charge on any atom is -0.490 e. The lowest BCUT2D eigenvalue weighted by molar-refractivity contribution is 0.0549. The molecule has 1 aromatic heterocycles. The summed E-state index contributed by atoms with van der Waals surface area (Å²) in [7, 11) is 2.43. The number of ether oxygens (including phenoxy) is 4. The molecule has 0 unspecified atom stereocenters. The van der Waals surface area contributed by atoms with E-state index in [1.54, 1.807) is 43.3 Å². The number of aromatic nitrogens is 2. The first kappa shape index (κ1) is 23.8. The monoisotopic (exact) mass is 513 g/mol. The molecule has 2 aromatic carbocycles. The molecule has 170 valence electrons. The molecular formula is C23H20BrN3O6. The maximum Gasteiger partial charge on any atom is 0.357 e. The third-order valence-corrected chi connectivity index (χ3v) is 5.19. The fourth-order valence-electron chi connectivity index (χ4n) is 3.15. The summed E-state index contributed by atoms with van der Waals surface area (Å²) in [5.41, 5.74) is 1.01. The number of hydrogen-bond donors (Lipinski definition) is 0. The summed E-state index contributed by atoms with van der Waals surface area (Å²) in [6, 6.07) is 14.0. The van der Waals surface area contributed by atoms with Gasteiger partial charge in [-0.2, -0.15) is 10.4 Å². The Morgan fingerprint density at radius 1 is 1.06 bits per heavy atom. The number of nitriles is 1. The first-order valence-electron chi connectivity index (χ1n) is 9.78. The zero-order chi connectivity index (χ0) is 24.0. The lowest BCUT2D eigenvalue weighted by Gasteiger charge is -2.13. The van der Waals surface area contributed by atoms with Crippen molar-refractivity contribution in [3.8, 4) is 34.5 Å². The number of esters is 2. The second-order valence-corrected chi connectivity index (χ2v) is 7.32. The third kappa shape index (κ3) is 4.83. The van der Waals surface area contributed by atoms with Crippen LogP contribution < -0.4 is 9.47 Å². The minimum absolute atomic E-state index is 0.0676. The van der Waals surface area contributed by atoms with Crippen LogP contribution in [0.1, 0.15) is 27.8 Å². The van der Waals surface area contributed by atoms with Crippen LogP contribution in [0.15, 0.2) is 46.9 Å². The molecule has 0 fully saturated rings. The molecule has 0 radical (unpaired) electrons. The van der Waals surface area contributed by atoms with Crippen LogP contribution in [-0.4, -0.2) is 49.2 Å². The molecule has 0 bridgehead atoms. The van der Waals surface area contributed by atoms with Crippen LogP contribution in [0.4, 0.5) is 0 Å². The van der Waals surface area contributed by atoms with Gasteiger partial charge in [-0.3, -0.25) is 0 Å². The molecular weight excluding hydrogens is 494 g/mol. The number of methoxy groups -OCH3 is 2. The molecule has 0 saturated heterocycles. The van der Waals surface area contributed by atoms with Gasteiger partial charge in [0.15, 0.2) is 23.8 Å². The number of carbonyl (C=O) groups is 2. The van der Waals surface area contributed by atoms with Crippen molar-refractivity contribution in [1.82, 2.24) is 9.78 Å². The predicted molar refractivity (Wildman–Crippen MR) is 122 cm³/mol. The summed E-state index contributed by atoms with van der Waals surface area (Å²) in [5.74, 6) is -0.838. The molecule has 0 aliphatic heterocycles. The Hall–Kier alpha value is -3.84. The summed E-state index contributed by atoms with van der Waals surface area (Å²) < 4.78 is 22.9. The first-order valence-corrected chi connectivity index (χ1v) is 10.6. The first-order chi connectivity index (χ1) is 16.0. The van der Waals surface area contributed by atoms with Gasteiger partial charge in [0.05, 0.1) is 26.5 Å². The number of carbonyl (C=O) groups excluding carboxylic acids is 2. The summed E-state index contributed by atoms with van der Waals surface area (Å²) in [6.07, 6.45) is 0. The summed E-state index contributed by atoms with van der Waals surface area (Å²) in [5, 5.41) is 13.4. The molecule has 10 heteroatoms. The molecule has 3 aromatic rings. The van der Waals surface area contributed by atoms with E-state index in [0.29, 0.717) is 33.8 Å². The number of benzene rings is 2. The zero-order valence-electron chi connectivity index (χ0n) is 18.1. The highest BCUT2D eigenvalue weighted by Crippen LogP contribution is 2.41. The van der Waals surface area contributed by atoms with Crippen LogP contribution >= 0.6 is 15.9 Å². The van der Waals surface area contributed by atoms with Gasteiger partial charge >= 0.3 is 11.9 Å². The van der Waals surface area contributed by atoms with Crippen molar-refractivity contribution in [3.63, 3.8) is 0 Å². The van der Waals surface area contributed by atoms with Gasteiger partial charge in [0.25, 0.3) is 0 Å². The van der Waals surface area contributed by atoms with Crippen LogP contribution in [0.3, 0.4) is 0 Å². The van der Waals surface area contributed by atoms with Gasteiger partial charge in [0.1, 0.15) is 17.3 Å². The van der Waals surface area contributed by atoms with E-state index in [1.165, 1.54) is 18.9 Å². The molecule has 0 amide bonds. The topological polar surface area (TPSA) is 113 Å². The van der Waals surface area contributed by atoms with E-state index < -0.39 is 11.9 Å². The SMILES string of the molecule is CCOc1cc(-c2nn(-c3ccccc3)c(C(=O)OC)c2C(=O)OC)c(Br)cc1OCC#N. The molecule has 1 heterocycles. The summed E-state index contributed by atoms with van der Waals surface area (Å²) >= 11 is 3.47. The van der Waals surface area contributed by atoms with Crippen molar-refractivity contribution in [3.05, 3.63) is 58.2 Å². The maximum absolute atomic E-state index is 12.8. The van der Waals surface area contributed by atoms with Crippen LogP contribution in [0.5, 0.6) is 11.5 Å². The number of halogens is 1. The standard InChI is InChI=1S/C23H20BrN3O6/c1-4-32-17-12-15(16(24)13-18(17)33-11-10-25)20-19(22(28)30-2)21(23(29)31-3)27(26-20)14-8-6-5-7-9-14/h5-9,12-13H,4,11H2,1-3H3. The number of hydrogen-bond acceptors (Lipinski definition) is 8. The smallest absolute Gasteiger partial charge is 0.357 e. The molecule has 0 saturated carbocycles. The zero-order valence-corrected chi connectivity index (χ0v) is 19.7. The Bertz CT molecular complexity index is 1220. The van der Waals surface area contributed by atoms with Gasteiger partial charge in [0, 0.05) is 10.0 Å². The molecule has 0 atom stereocenters. The number of rotatable bonds is 8. The predicted octanol–water partition coefficient (Wildman–Crippen LogP) is 4.18. The average molecular weight is 514 g/mol. The highest BCUT2D eigenvalue weighted by atomic mass is 79.9. The van der Waals surface area contributed by atoms with Crippen molar-refractivity contribution in [2.75, 3.05) is 27.4 Å². The molecule has 9 nitrogen and oxygen atoms in total. The molecule has 0 aliphatic carbocycles. The lowest BCUT2D eigenvalue weighted by Crippen LogP contribution is -2.15. The van der Waals surface area contributed by atoms with Gasteiger partial charge in [-0.25, -0.2) is 14.3 Å². The second-order valence-electron chi connectivity index (χ2n) is 6.46. The second kappa shape index (κ2) is 10.7. The van der Waals surface area contributed by atoms with E-state index in [1.807, 2.05) is 12.1 Å². The van der Waals surface area contributed by atoms with Crippen molar-refractivity contribution in [2.24, 2.45) is 0 Å².